The van der Waals surface area contributed by atoms with Gasteiger partial charge in [-0.15, -0.1) is 11.3 Å². The number of piperazine rings is 1. The van der Waals surface area contributed by atoms with Crippen molar-refractivity contribution in [3.63, 3.8) is 0 Å². The molecule has 0 aromatic carbocycles. The van der Waals surface area contributed by atoms with Crippen LogP contribution < -0.4 is 0 Å². The van der Waals surface area contributed by atoms with Crippen molar-refractivity contribution in [1.29, 1.82) is 0 Å². The summed E-state index contributed by atoms with van der Waals surface area (Å²) in [5.41, 5.74) is 0. The molecule has 0 bridgehead atoms. The average Bonchev–Trinajstić information content (AvgIpc) is 2.87. The minimum atomic E-state index is 0.834. The predicted octanol–water partition coefficient (Wildman–Crippen LogP) is 2.86. The van der Waals surface area contributed by atoms with Gasteiger partial charge in [-0.2, -0.15) is 0 Å². The molecule has 118 valence electrons. The molecule has 1 atom stereocenters. The van der Waals surface area contributed by atoms with Crippen LogP contribution in [0, 0.1) is 5.92 Å². The molecule has 5 heteroatoms. The van der Waals surface area contributed by atoms with E-state index in [4.69, 9.17) is 11.6 Å². The molecule has 3 heterocycles. The van der Waals surface area contributed by atoms with Gasteiger partial charge in [-0.1, -0.05) is 11.6 Å². The number of likely N-dealkylation sites (tertiary alicyclic amines) is 1. The van der Waals surface area contributed by atoms with Crippen LogP contribution in [0.2, 0.25) is 5.02 Å². The SMILES string of the molecule is CN1CCN(CC2CCCN(Cc3sccc3Cl)C2)CC1. The van der Waals surface area contributed by atoms with Crippen LogP contribution in [0.25, 0.3) is 0 Å². The molecule has 21 heavy (non-hydrogen) atoms. The Balaban J connectivity index is 1.48. The van der Waals surface area contributed by atoms with E-state index >= 15 is 0 Å². The molecule has 0 saturated carbocycles. The lowest BCUT2D eigenvalue weighted by atomic mass is 9.97. The molecule has 0 spiro atoms. The Bertz CT molecular complexity index is 442. The van der Waals surface area contributed by atoms with Crippen molar-refractivity contribution in [2.75, 3.05) is 52.9 Å². The van der Waals surface area contributed by atoms with E-state index in [1.807, 2.05) is 6.07 Å². The van der Waals surface area contributed by atoms with E-state index < -0.39 is 0 Å². The van der Waals surface area contributed by atoms with Crippen LogP contribution in [0.15, 0.2) is 11.4 Å². The number of hydrogen-bond donors (Lipinski definition) is 0. The summed E-state index contributed by atoms with van der Waals surface area (Å²) < 4.78 is 0. The minimum absolute atomic E-state index is 0.834. The van der Waals surface area contributed by atoms with Gasteiger partial charge in [-0.05, 0) is 43.8 Å². The van der Waals surface area contributed by atoms with Crippen LogP contribution >= 0.6 is 22.9 Å². The molecule has 1 unspecified atom stereocenters. The molecule has 3 nitrogen and oxygen atoms in total. The number of halogens is 1. The first-order valence-electron chi connectivity index (χ1n) is 8.06. The van der Waals surface area contributed by atoms with E-state index in [1.54, 1.807) is 11.3 Å². The number of nitrogens with zero attached hydrogens (tertiary/aromatic N) is 3. The molecule has 0 amide bonds. The largest absolute Gasteiger partial charge is 0.304 e. The lowest BCUT2D eigenvalue weighted by molar-refractivity contribution is 0.0970. The summed E-state index contributed by atoms with van der Waals surface area (Å²) in [7, 11) is 2.23. The smallest absolute Gasteiger partial charge is 0.0558 e. The van der Waals surface area contributed by atoms with Gasteiger partial charge >= 0.3 is 0 Å². The van der Waals surface area contributed by atoms with Crippen molar-refractivity contribution < 1.29 is 0 Å². The van der Waals surface area contributed by atoms with Crippen molar-refractivity contribution in [2.24, 2.45) is 5.92 Å². The van der Waals surface area contributed by atoms with Gasteiger partial charge in [0.2, 0.25) is 0 Å². The zero-order chi connectivity index (χ0) is 14.7. The van der Waals surface area contributed by atoms with Crippen molar-refractivity contribution >= 4 is 22.9 Å². The Morgan fingerprint density at radius 2 is 2.00 bits per heavy atom. The first-order chi connectivity index (χ1) is 10.2. The fourth-order valence-corrected chi connectivity index (χ4v) is 4.62. The zero-order valence-electron chi connectivity index (χ0n) is 12.9. The molecule has 2 saturated heterocycles. The molecule has 0 aliphatic carbocycles. The molecular weight excluding hydrogens is 302 g/mol. The van der Waals surface area contributed by atoms with Gasteiger partial charge < -0.3 is 9.80 Å². The maximum absolute atomic E-state index is 6.24. The van der Waals surface area contributed by atoms with Gasteiger partial charge in [0.25, 0.3) is 0 Å². The molecule has 0 N–H and O–H groups in total. The summed E-state index contributed by atoms with van der Waals surface area (Å²) in [5, 5.41) is 3.05. The molecule has 0 radical (unpaired) electrons. The van der Waals surface area contributed by atoms with E-state index in [1.165, 1.54) is 63.5 Å². The van der Waals surface area contributed by atoms with Crippen LogP contribution in [0.5, 0.6) is 0 Å². The molecule has 2 aliphatic heterocycles. The first kappa shape index (κ1) is 15.8. The summed E-state index contributed by atoms with van der Waals surface area (Å²) >= 11 is 8.03. The quantitative estimate of drug-likeness (QED) is 0.842. The molecule has 2 aliphatic rings. The van der Waals surface area contributed by atoms with Crippen LogP contribution in [0.3, 0.4) is 0 Å². The minimum Gasteiger partial charge on any atom is -0.304 e. The summed E-state index contributed by atoms with van der Waals surface area (Å²) in [6.45, 7) is 9.71. The van der Waals surface area contributed by atoms with Gasteiger partial charge in [0, 0.05) is 50.7 Å². The summed E-state index contributed by atoms with van der Waals surface area (Å²) in [6, 6.07) is 2.02. The van der Waals surface area contributed by atoms with Crippen LogP contribution in [-0.2, 0) is 6.54 Å². The molecule has 1 aromatic rings. The number of thiophene rings is 1. The molecule has 2 fully saturated rings. The predicted molar refractivity (Wildman–Crippen MR) is 91.3 cm³/mol. The highest BCUT2D eigenvalue weighted by Gasteiger charge is 2.24. The van der Waals surface area contributed by atoms with E-state index in [2.05, 4.69) is 27.1 Å². The second-order valence-electron chi connectivity index (χ2n) is 6.54. The van der Waals surface area contributed by atoms with E-state index in [0.29, 0.717) is 0 Å². The second-order valence-corrected chi connectivity index (χ2v) is 7.95. The third-order valence-corrected chi connectivity index (χ3v) is 6.15. The fraction of sp³-hybridized carbons (Fsp3) is 0.750. The summed E-state index contributed by atoms with van der Waals surface area (Å²) in [4.78, 5) is 9.02. The van der Waals surface area contributed by atoms with Gasteiger partial charge in [-0.3, -0.25) is 4.90 Å². The van der Waals surface area contributed by atoms with Gasteiger partial charge in [0.1, 0.15) is 0 Å². The van der Waals surface area contributed by atoms with Crippen molar-refractivity contribution in [3.05, 3.63) is 21.3 Å². The summed E-state index contributed by atoms with van der Waals surface area (Å²) in [6.07, 6.45) is 2.72. The van der Waals surface area contributed by atoms with E-state index in [9.17, 15) is 0 Å². The Kier molecular flexibility index (Phi) is 5.57. The maximum atomic E-state index is 6.24. The Morgan fingerprint density at radius 3 is 2.71 bits per heavy atom. The fourth-order valence-electron chi connectivity index (χ4n) is 3.48. The van der Waals surface area contributed by atoms with E-state index in [-0.39, 0.29) is 0 Å². The molecule has 1 aromatic heterocycles. The maximum Gasteiger partial charge on any atom is 0.0558 e. The number of likely N-dealkylation sites (N-methyl/N-ethyl adjacent to an activating group) is 1. The van der Waals surface area contributed by atoms with Crippen molar-refractivity contribution in [1.82, 2.24) is 14.7 Å². The second kappa shape index (κ2) is 7.42. The zero-order valence-corrected chi connectivity index (χ0v) is 14.5. The van der Waals surface area contributed by atoms with E-state index in [0.717, 1.165) is 17.5 Å². The van der Waals surface area contributed by atoms with Crippen LogP contribution in [-0.4, -0.2) is 67.6 Å². The van der Waals surface area contributed by atoms with Crippen molar-refractivity contribution in [2.45, 2.75) is 19.4 Å². The van der Waals surface area contributed by atoms with Gasteiger partial charge in [-0.25, -0.2) is 0 Å². The normalized spacial score (nSPS) is 26.3. The highest BCUT2D eigenvalue weighted by atomic mass is 35.5. The highest BCUT2D eigenvalue weighted by Crippen LogP contribution is 2.26. The monoisotopic (exact) mass is 327 g/mol. The van der Waals surface area contributed by atoms with Gasteiger partial charge in [0.05, 0.1) is 5.02 Å². The van der Waals surface area contributed by atoms with Crippen LogP contribution in [0.4, 0.5) is 0 Å². The summed E-state index contributed by atoms with van der Waals surface area (Å²) in [5.74, 6) is 0.834. The molecule has 3 rings (SSSR count). The first-order valence-corrected chi connectivity index (χ1v) is 9.31. The number of rotatable bonds is 4. The van der Waals surface area contributed by atoms with Crippen molar-refractivity contribution in [3.8, 4) is 0 Å². The average molecular weight is 328 g/mol. The third kappa shape index (κ3) is 4.42. The lowest BCUT2D eigenvalue weighted by Crippen LogP contribution is -2.48. The Labute approximate surface area is 137 Å². The Hall–Kier alpha value is -0.130. The lowest BCUT2D eigenvalue weighted by Gasteiger charge is -2.38. The van der Waals surface area contributed by atoms with Crippen LogP contribution in [0.1, 0.15) is 17.7 Å². The highest BCUT2D eigenvalue weighted by molar-refractivity contribution is 7.10. The Morgan fingerprint density at radius 1 is 1.19 bits per heavy atom. The number of piperidine rings is 1. The number of hydrogen-bond acceptors (Lipinski definition) is 4. The topological polar surface area (TPSA) is 9.72 Å². The third-order valence-electron chi connectivity index (χ3n) is 4.77. The standard InChI is InChI=1S/C16H26ClN3S/c1-18-6-8-19(9-7-18)11-14-3-2-5-20(12-14)13-16-15(17)4-10-21-16/h4,10,14H,2-3,5-9,11-13H2,1H3. The van der Waals surface area contributed by atoms with Gasteiger partial charge in [0.15, 0.2) is 0 Å². The molecular formula is C16H26ClN3S.